The van der Waals surface area contributed by atoms with Gasteiger partial charge in [0.05, 0.1) is 31.9 Å². The maximum atomic E-state index is 15.1. The van der Waals surface area contributed by atoms with Gasteiger partial charge in [-0.3, -0.25) is 14.4 Å². The van der Waals surface area contributed by atoms with Crippen LogP contribution in [0.15, 0.2) is 152 Å². The van der Waals surface area contributed by atoms with Gasteiger partial charge >= 0.3 is 0 Å². The quantitative estimate of drug-likeness (QED) is 0.0981. The lowest BCUT2D eigenvalue weighted by Gasteiger charge is -2.30. The highest BCUT2D eigenvalue weighted by atomic mass is 16.6. The number of anilines is 2. The second kappa shape index (κ2) is 19.6. The third-order valence-electron chi connectivity index (χ3n) is 10.0. The number of nitrogens with one attached hydrogen (secondary N) is 1. The van der Waals surface area contributed by atoms with Crippen LogP contribution < -0.4 is 24.8 Å². The van der Waals surface area contributed by atoms with E-state index >= 15 is 4.79 Å². The summed E-state index contributed by atoms with van der Waals surface area (Å²) in [6.45, 7) is 8.28. The molecule has 9 heteroatoms. The maximum Gasteiger partial charge on any atom is 0.274 e. The molecule has 0 aromatic heterocycles. The van der Waals surface area contributed by atoms with E-state index in [1.807, 2.05) is 127 Å². The van der Waals surface area contributed by atoms with Gasteiger partial charge in [0, 0.05) is 36.1 Å². The van der Waals surface area contributed by atoms with Crippen molar-refractivity contribution in [3.05, 3.63) is 191 Å². The zero-order valence-electron chi connectivity index (χ0n) is 33.0. The Morgan fingerprint density at radius 1 is 0.655 bits per heavy atom. The van der Waals surface area contributed by atoms with Crippen LogP contribution in [-0.4, -0.2) is 38.1 Å². The van der Waals surface area contributed by atoms with Crippen molar-refractivity contribution in [1.29, 1.82) is 0 Å². The molecule has 0 aliphatic carbocycles. The number of carbonyl (C=O) groups excluding carboxylic acids is 2. The molecule has 1 heterocycles. The van der Waals surface area contributed by atoms with Crippen LogP contribution >= 0.6 is 0 Å². The molecule has 7 rings (SSSR count). The number of nitrogens with zero attached hydrogens (tertiary/aromatic N) is 2. The van der Waals surface area contributed by atoms with Gasteiger partial charge < -0.3 is 24.0 Å². The lowest BCUT2D eigenvalue weighted by Crippen LogP contribution is -2.36. The average Bonchev–Trinajstić information content (AvgIpc) is 3.28. The van der Waals surface area contributed by atoms with Gasteiger partial charge in [0.25, 0.3) is 11.8 Å². The standard InChI is InChI=1S/C49H49N3O6/c1-36(2)44-30-45(47(57-34-39-14-8-4-9-15-39)31-46(44)56-33-38-12-6-3-7-13-38)49(54)52(43-24-22-42(23-25-43)51-26-28-55-29-27-51)32-37-18-20-41(21-19-37)48(53)50-58-35-40-16-10-5-11-17-40/h3-25,30-31,36H,26-29,32-35H2,1-2H3,(H,50,53). The summed E-state index contributed by atoms with van der Waals surface area (Å²) in [6, 6.07) is 48.6. The number of rotatable bonds is 16. The first-order valence-electron chi connectivity index (χ1n) is 19.7. The van der Waals surface area contributed by atoms with Crippen molar-refractivity contribution in [3.8, 4) is 11.5 Å². The highest BCUT2D eigenvalue weighted by Gasteiger charge is 2.26. The van der Waals surface area contributed by atoms with E-state index in [0.29, 0.717) is 42.4 Å². The molecular weight excluding hydrogens is 727 g/mol. The Labute approximate surface area is 340 Å². The number of hydrogen-bond acceptors (Lipinski definition) is 7. The third-order valence-corrected chi connectivity index (χ3v) is 10.0. The third kappa shape index (κ3) is 10.5. The van der Waals surface area contributed by atoms with Gasteiger partial charge in [0.15, 0.2) is 0 Å². The number of carbonyl (C=O) groups is 2. The number of hydrogen-bond donors (Lipinski definition) is 1. The summed E-state index contributed by atoms with van der Waals surface area (Å²) in [5, 5.41) is 0. The van der Waals surface area contributed by atoms with Crippen molar-refractivity contribution in [2.45, 2.75) is 46.1 Å². The van der Waals surface area contributed by atoms with Crippen LogP contribution in [0, 0.1) is 0 Å². The first kappa shape index (κ1) is 39.8. The topological polar surface area (TPSA) is 89.6 Å². The molecule has 1 aliphatic rings. The molecule has 2 amide bonds. The van der Waals surface area contributed by atoms with Gasteiger partial charge in [-0.05, 0) is 76.2 Å². The Kier molecular flexibility index (Phi) is 13.5. The molecule has 0 radical (unpaired) electrons. The Balaban J connectivity index is 1.19. The van der Waals surface area contributed by atoms with Crippen molar-refractivity contribution in [2.24, 2.45) is 0 Å². The largest absolute Gasteiger partial charge is 0.488 e. The monoisotopic (exact) mass is 775 g/mol. The summed E-state index contributed by atoms with van der Waals surface area (Å²) in [5.74, 6) is 0.567. The predicted octanol–water partition coefficient (Wildman–Crippen LogP) is 9.51. The lowest BCUT2D eigenvalue weighted by molar-refractivity contribution is 0.0233. The highest BCUT2D eigenvalue weighted by molar-refractivity contribution is 6.08. The van der Waals surface area contributed by atoms with Crippen molar-refractivity contribution < 1.29 is 28.6 Å². The van der Waals surface area contributed by atoms with Gasteiger partial charge in [-0.2, -0.15) is 0 Å². The second-order valence-corrected chi connectivity index (χ2v) is 14.5. The van der Waals surface area contributed by atoms with E-state index < -0.39 is 0 Å². The lowest BCUT2D eigenvalue weighted by atomic mass is 9.97. The van der Waals surface area contributed by atoms with Crippen LogP contribution in [0.1, 0.15) is 68.3 Å². The molecular formula is C49H49N3O6. The highest BCUT2D eigenvalue weighted by Crippen LogP contribution is 2.37. The molecule has 1 aliphatic heterocycles. The molecule has 0 atom stereocenters. The van der Waals surface area contributed by atoms with E-state index in [-0.39, 0.29) is 37.5 Å². The Morgan fingerprint density at radius 2 is 1.21 bits per heavy atom. The number of ether oxygens (including phenoxy) is 3. The summed E-state index contributed by atoms with van der Waals surface area (Å²) < 4.78 is 18.5. The van der Waals surface area contributed by atoms with Crippen molar-refractivity contribution in [3.63, 3.8) is 0 Å². The van der Waals surface area contributed by atoms with Gasteiger partial charge in [-0.15, -0.1) is 0 Å². The fourth-order valence-corrected chi connectivity index (χ4v) is 6.76. The summed E-state index contributed by atoms with van der Waals surface area (Å²) >= 11 is 0. The first-order chi connectivity index (χ1) is 28.4. The molecule has 0 saturated carbocycles. The van der Waals surface area contributed by atoms with Crippen LogP contribution in [0.3, 0.4) is 0 Å². The molecule has 1 N–H and O–H groups in total. The first-order valence-corrected chi connectivity index (χ1v) is 19.7. The van der Waals surface area contributed by atoms with E-state index in [0.717, 1.165) is 52.3 Å². The minimum atomic E-state index is -0.356. The van der Waals surface area contributed by atoms with E-state index in [4.69, 9.17) is 19.0 Å². The summed E-state index contributed by atoms with van der Waals surface area (Å²) in [7, 11) is 0. The summed E-state index contributed by atoms with van der Waals surface area (Å²) in [5.41, 5.74) is 9.90. The van der Waals surface area contributed by atoms with Gasteiger partial charge in [0.1, 0.15) is 24.7 Å². The molecule has 6 aromatic rings. The van der Waals surface area contributed by atoms with Crippen molar-refractivity contribution in [1.82, 2.24) is 5.48 Å². The molecule has 0 spiro atoms. The fourth-order valence-electron chi connectivity index (χ4n) is 6.76. The molecule has 58 heavy (non-hydrogen) atoms. The minimum Gasteiger partial charge on any atom is -0.488 e. The molecule has 1 saturated heterocycles. The van der Waals surface area contributed by atoms with E-state index in [1.165, 1.54) is 0 Å². The number of amides is 2. The molecule has 296 valence electrons. The van der Waals surface area contributed by atoms with Gasteiger partial charge in [0.2, 0.25) is 0 Å². The van der Waals surface area contributed by atoms with E-state index in [2.05, 4.69) is 36.4 Å². The molecule has 6 aromatic carbocycles. The van der Waals surface area contributed by atoms with Crippen LogP contribution in [0.4, 0.5) is 11.4 Å². The van der Waals surface area contributed by atoms with Gasteiger partial charge in [-0.1, -0.05) is 117 Å². The molecule has 1 fully saturated rings. The smallest absolute Gasteiger partial charge is 0.274 e. The zero-order valence-corrected chi connectivity index (χ0v) is 33.0. The van der Waals surface area contributed by atoms with Crippen LogP contribution in [0.25, 0.3) is 0 Å². The van der Waals surface area contributed by atoms with Crippen molar-refractivity contribution >= 4 is 23.2 Å². The fraction of sp³-hybridized carbons (Fsp3) is 0.224. The summed E-state index contributed by atoms with van der Waals surface area (Å²) in [6.07, 6.45) is 0. The minimum absolute atomic E-state index is 0.0529. The Bertz CT molecular complexity index is 2230. The Morgan fingerprint density at radius 3 is 1.78 bits per heavy atom. The normalized spacial score (nSPS) is 12.6. The van der Waals surface area contributed by atoms with Gasteiger partial charge in [-0.25, -0.2) is 5.48 Å². The zero-order chi connectivity index (χ0) is 40.1. The molecule has 0 unspecified atom stereocenters. The van der Waals surface area contributed by atoms with E-state index in [1.54, 1.807) is 17.0 Å². The molecule has 0 bridgehead atoms. The molecule has 9 nitrogen and oxygen atoms in total. The summed E-state index contributed by atoms with van der Waals surface area (Å²) in [4.78, 5) is 37.6. The Hall–Kier alpha value is -6.42. The van der Waals surface area contributed by atoms with Crippen LogP contribution in [-0.2, 0) is 35.9 Å². The number of morpholine rings is 1. The number of hydroxylamine groups is 1. The van der Waals surface area contributed by atoms with Crippen molar-refractivity contribution in [2.75, 3.05) is 36.1 Å². The predicted molar refractivity (Wildman–Crippen MR) is 227 cm³/mol. The average molecular weight is 776 g/mol. The SMILES string of the molecule is CC(C)c1cc(C(=O)N(Cc2ccc(C(=O)NOCc3ccccc3)cc2)c2ccc(N3CCOCC3)cc2)c(OCc2ccccc2)cc1OCc1ccccc1. The van der Waals surface area contributed by atoms with E-state index in [9.17, 15) is 4.79 Å². The van der Waals surface area contributed by atoms with Crippen LogP contribution in [0.5, 0.6) is 11.5 Å². The second-order valence-electron chi connectivity index (χ2n) is 14.5. The number of benzene rings is 6. The van der Waals surface area contributed by atoms with Crippen LogP contribution in [0.2, 0.25) is 0 Å². The maximum absolute atomic E-state index is 15.1.